The van der Waals surface area contributed by atoms with Crippen LogP contribution in [0, 0.1) is 0 Å². The number of ether oxygens (including phenoxy) is 1. The molecule has 5 nitrogen and oxygen atoms in total. The third-order valence-electron chi connectivity index (χ3n) is 4.27. The molecule has 1 saturated heterocycles. The summed E-state index contributed by atoms with van der Waals surface area (Å²) in [4.78, 5) is 28.3. The Bertz CT molecular complexity index is 703. The summed E-state index contributed by atoms with van der Waals surface area (Å²) in [5.41, 5.74) is 1.65. The quantitative estimate of drug-likeness (QED) is 0.864. The van der Waals surface area contributed by atoms with Crippen molar-refractivity contribution in [3.63, 3.8) is 0 Å². The minimum absolute atomic E-state index is 0.0140. The van der Waals surface area contributed by atoms with Gasteiger partial charge in [-0.05, 0) is 24.1 Å². The van der Waals surface area contributed by atoms with Crippen LogP contribution in [0.15, 0.2) is 60.7 Å². The molecule has 0 unspecified atom stereocenters. The minimum Gasteiger partial charge on any atom is -0.445 e. The molecule has 2 aromatic carbocycles. The van der Waals surface area contributed by atoms with E-state index in [-0.39, 0.29) is 18.6 Å². The topological polar surface area (TPSA) is 49.9 Å². The monoisotopic (exact) mass is 338 g/mol. The SMILES string of the molecule is O=C(OCc1ccccc1)N1CCCN(C(=O)c2ccccc2)CC1. The van der Waals surface area contributed by atoms with E-state index < -0.39 is 0 Å². The molecule has 1 heterocycles. The van der Waals surface area contributed by atoms with Gasteiger partial charge in [0.1, 0.15) is 6.61 Å². The van der Waals surface area contributed by atoms with Crippen molar-refractivity contribution < 1.29 is 14.3 Å². The molecule has 130 valence electrons. The van der Waals surface area contributed by atoms with Crippen molar-refractivity contribution in [2.75, 3.05) is 26.2 Å². The molecule has 0 saturated carbocycles. The molecule has 0 bridgehead atoms. The summed E-state index contributed by atoms with van der Waals surface area (Å²) in [5, 5.41) is 0. The Morgan fingerprint density at radius 1 is 0.800 bits per heavy atom. The van der Waals surface area contributed by atoms with Gasteiger partial charge in [-0.1, -0.05) is 48.5 Å². The summed E-state index contributed by atoms with van der Waals surface area (Å²) in [7, 11) is 0. The first-order valence-electron chi connectivity index (χ1n) is 8.54. The molecule has 5 heteroatoms. The van der Waals surface area contributed by atoms with Crippen LogP contribution in [-0.4, -0.2) is 48.0 Å². The van der Waals surface area contributed by atoms with Crippen LogP contribution in [0.1, 0.15) is 22.3 Å². The van der Waals surface area contributed by atoms with Gasteiger partial charge in [-0.15, -0.1) is 0 Å². The van der Waals surface area contributed by atoms with Crippen molar-refractivity contribution in [1.29, 1.82) is 0 Å². The Kier molecular flexibility index (Phi) is 5.67. The molecule has 3 rings (SSSR count). The number of carbonyl (C=O) groups excluding carboxylic acids is 2. The lowest BCUT2D eigenvalue weighted by molar-refractivity contribution is 0.0749. The van der Waals surface area contributed by atoms with Crippen molar-refractivity contribution in [1.82, 2.24) is 9.80 Å². The summed E-state index contributed by atoms with van der Waals surface area (Å²) in [5.74, 6) is 0.0140. The van der Waals surface area contributed by atoms with Crippen molar-refractivity contribution in [2.45, 2.75) is 13.0 Å². The normalized spacial score (nSPS) is 14.7. The molecule has 0 radical (unpaired) electrons. The van der Waals surface area contributed by atoms with E-state index in [4.69, 9.17) is 4.74 Å². The van der Waals surface area contributed by atoms with Crippen molar-refractivity contribution in [2.24, 2.45) is 0 Å². The van der Waals surface area contributed by atoms with Crippen LogP contribution in [0.25, 0.3) is 0 Å². The van der Waals surface area contributed by atoms with Gasteiger partial charge in [-0.2, -0.15) is 0 Å². The van der Waals surface area contributed by atoms with E-state index in [0.717, 1.165) is 12.0 Å². The molecule has 1 aliphatic rings. The second-order valence-electron chi connectivity index (χ2n) is 6.04. The van der Waals surface area contributed by atoms with Gasteiger partial charge in [0.15, 0.2) is 0 Å². The summed E-state index contributed by atoms with van der Waals surface area (Å²) in [6, 6.07) is 18.9. The van der Waals surface area contributed by atoms with Crippen LogP contribution in [0.5, 0.6) is 0 Å². The predicted octanol–water partition coefficient (Wildman–Crippen LogP) is 3.17. The van der Waals surface area contributed by atoms with E-state index in [1.54, 1.807) is 9.80 Å². The maximum atomic E-state index is 12.5. The smallest absolute Gasteiger partial charge is 0.410 e. The van der Waals surface area contributed by atoms with Gasteiger partial charge in [0.05, 0.1) is 0 Å². The van der Waals surface area contributed by atoms with Crippen LogP contribution in [0.4, 0.5) is 4.79 Å². The fourth-order valence-electron chi connectivity index (χ4n) is 2.88. The maximum absolute atomic E-state index is 12.5. The van der Waals surface area contributed by atoms with Gasteiger partial charge in [0.25, 0.3) is 5.91 Å². The molecule has 0 N–H and O–H groups in total. The third-order valence-corrected chi connectivity index (χ3v) is 4.27. The average molecular weight is 338 g/mol. The minimum atomic E-state index is -0.321. The highest BCUT2D eigenvalue weighted by Gasteiger charge is 2.23. The van der Waals surface area contributed by atoms with Crippen molar-refractivity contribution in [3.05, 3.63) is 71.8 Å². The highest BCUT2D eigenvalue weighted by atomic mass is 16.6. The molecule has 2 aromatic rings. The third kappa shape index (κ3) is 4.59. The van der Waals surface area contributed by atoms with Gasteiger partial charge in [-0.3, -0.25) is 4.79 Å². The summed E-state index contributed by atoms with van der Waals surface area (Å²) in [6.45, 7) is 2.53. The first-order chi connectivity index (χ1) is 12.2. The van der Waals surface area contributed by atoms with Crippen LogP contribution in [0.3, 0.4) is 0 Å². The second kappa shape index (κ2) is 8.33. The molecule has 1 fully saturated rings. The first-order valence-corrected chi connectivity index (χ1v) is 8.54. The predicted molar refractivity (Wildman–Crippen MR) is 95.2 cm³/mol. The first kappa shape index (κ1) is 17.0. The lowest BCUT2D eigenvalue weighted by Gasteiger charge is -2.22. The highest BCUT2D eigenvalue weighted by molar-refractivity contribution is 5.94. The molecule has 0 aromatic heterocycles. The molecule has 0 spiro atoms. The van der Waals surface area contributed by atoms with Crippen molar-refractivity contribution >= 4 is 12.0 Å². The molecule has 25 heavy (non-hydrogen) atoms. The van der Waals surface area contributed by atoms with E-state index in [1.165, 1.54) is 0 Å². The standard InChI is InChI=1S/C20H22N2O3/c23-19(18-10-5-2-6-11-18)21-12-7-13-22(15-14-21)20(24)25-16-17-8-3-1-4-9-17/h1-6,8-11H,7,12-16H2. The van der Waals surface area contributed by atoms with Crippen LogP contribution < -0.4 is 0 Å². The van der Waals surface area contributed by atoms with E-state index in [1.807, 2.05) is 60.7 Å². The molecule has 0 aliphatic carbocycles. The largest absolute Gasteiger partial charge is 0.445 e. The second-order valence-corrected chi connectivity index (χ2v) is 6.04. The number of hydrogen-bond donors (Lipinski definition) is 0. The zero-order chi connectivity index (χ0) is 17.5. The van der Waals surface area contributed by atoms with Crippen LogP contribution >= 0.6 is 0 Å². The van der Waals surface area contributed by atoms with Crippen LogP contribution in [0.2, 0.25) is 0 Å². The fraction of sp³-hybridized carbons (Fsp3) is 0.300. The number of carbonyl (C=O) groups is 2. The Morgan fingerprint density at radius 2 is 1.40 bits per heavy atom. The van der Waals surface area contributed by atoms with Gasteiger partial charge in [0.2, 0.25) is 0 Å². The van der Waals surface area contributed by atoms with Gasteiger partial charge < -0.3 is 14.5 Å². The Morgan fingerprint density at radius 3 is 2.12 bits per heavy atom. The summed E-state index contributed by atoms with van der Waals surface area (Å²) in [6.07, 6.45) is 0.428. The number of nitrogens with zero attached hydrogens (tertiary/aromatic N) is 2. The molecule has 1 aliphatic heterocycles. The van der Waals surface area contributed by atoms with Crippen molar-refractivity contribution in [3.8, 4) is 0 Å². The number of amides is 2. The highest BCUT2D eigenvalue weighted by Crippen LogP contribution is 2.11. The number of rotatable bonds is 3. The lowest BCUT2D eigenvalue weighted by atomic mass is 10.2. The van der Waals surface area contributed by atoms with Gasteiger partial charge in [-0.25, -0.2) is 4.79 Å². The maximum Gasteiger partial charge on any atom is 0.410 e. The molecular formula is C20H22N2O3. The van der Waals surface area contributed by atoms with Gasteiger partial charge in [0, 0.05) is 31.7 Å². The fourth-order valence-corrected chi connectivity index (χ4v) is 2.88. The van der Waals surface area contributed by atoms with Crippen LogP contribution in [-0.2, 0) is 11.3 Å². The lowest BCUT2D eigenvalue weighted by Crippen LogP contribution is -2.37. The average Bonchev–Trinajstić information content (AvgIpc) is 2.93. The van der Waals surface area contributed by atoms with E-state index in [0.29, 0.717) is 31.7 Å². The summed E-state index contributed by atoms with van der Waals surface area (Å²) >= 11 is 0. The molecule has 0 atom stereocenters. The summed E-state index contributed by atoms with van der Waals surface area (Å²) < 4.78 is 5.39. The van der Waals surface area contributed by atoms with Gasteiger partial charge >= 0.3 is 6.09 Å². The van der Waals surface area contributed by atoms with E-state index in [9.17, 15) is 9.59 Å². The zero-order valence-corrected chi connectivity index (χ0v) is 14.1. The zero-order valence-electron chi connectivity index (χ0n) is 14.1. The van der Waals surface area contributed by atoms with E-state index in [2.05, 4.69) is 0 Å². The Hall–Kier alpha value is -2.82. The Labute approximate surface area is 147 Å². The molecule has 2 amide bonds. The Balaban J connectivity index is 1.52. The molecular weight excluding hydrogens is 316 g/mol. The number of hydrogen-bond acceptors (Lipinski definition) is 3. The van der Waals surface area contributed by atoms with E-state index >= 15 is 0 Å². The number of benzene rings is 2.